The molecule has 15 heavy (non-hydrogen) atoms. The zero-order valence-electron chi connectivity index (χ0n) is 8.69. The van der Waals surface area contributed by atoms with Crippen molar-refractivity contribution < 1.29 is 4.79 Å². The Morgan fingerprint density at radius 3 is 3.13 bits per heavy atom. The second-order valence-corrected chi connectivity index (χ2v) is 3.89. The number of hydrogen-bond donors (Lipinski definition) is 2. The fraction of sp³-hybridized carbons (Fsp3) is 0.400. The first-order valence-electron chi connectivity index (χ1n) is 4.81. The van der Waals surface area contributed by atoms with Gasteiger partial charge in [-0.1, -0.05) is 12.2 Å². The van der Waals surface area contributed by atoms with Gasteiger partial charge in [-0.15, -0.1) is 11.3 Å². The number of carbonyl (C=O) groups excluding carboxylic acids is 1. The summed E-state index contributed by atoms with van der Waals surface area (Å²) in [7, 11) is 0. The molecule has 0 fully saturated rings. The summed E-state index contributed by atoms with van der Waals surface area (Å²) in [4.78, 5) is 15.6. The number of nitrogens with one attached hydrogen (secondary N) is 1. The molecular formula is C10H15N3OS. The van der Waals surface area contributed by atoms with E-state index >= 15 is 0 Å². The van der Waals surface area contributed by atoms with Crippen LogP contribution in [0.4, 0.5) is 0 Å². The highest BCUT2D eigenvalue weighted by molar-refractivity contribution is 7.09. The van der Waals surface area contributed by atoms with Crippen LogP contribution in [-0.4, -0.2) is 17.4 Å². The first kappa shape index (κ1) is 11.9. The van der Waals surface area contributed by atoms with Crippen LogP contribution < -0.4 is 11.1 Å². The maximum absolute atomic E-state index is 11.5. The number of rotatable bonds is 5. The van der Waals surface area contributed by atoms with Crippen LogP contribution in [0, 0.1) is 0 Å². The Kier molecular flexibility index (Phi) is 5.00. The minimum absolute atomic E-state index is 0.129. The topological polar surface area (TPSA) is 68.0 Å². The number of carbonyl (C=O) groups is 1. The number of allylic oxidation sites excluding steroid dienone is 1. The molecule has 1 aromatic rings. The lowest BCUT2D eigenvalue weighted by molar-refractivity contribution is 0.0950. The maximum Gasteiger partial charge on any atom is 0.270 e. The SMILES string of the molecule is C/C=C/CCNC(=O)c1csc(CN)n1. The van der Waals surface area contributed by atoms with Gasteiger partial charge in [-0.25, -0.2) is 4.98 Å². The van der Waals surface area contributed by atoms with Gasteiger partial charge in [0.05, 0.1) is 0 Å². The van der Waals surface area contributed by atoms with Crippen LogP contribution in [0.5, 0.6) is 0 Å². The molecule has 4 nitrogen and oxygen atoms in total. The van der Waals surface area contributed by atoms with E-state index in [-0.39, 0.29) is 5.91 Å². The molecule has 0 saturated carbocycles. The largest absolute Gasteiger partial charge is 0.350 e. The van der Waals surface area contributed by atoms with E-state index in [4.69, 9.17) is 5.73 Å². The van der Waals surface area contributed by atoms with Crippen molar-refractivity contribution in [2.45, 2.75) is 19.9 Å². The Bertz CT molecular complexity index is 346. The Morgan fingerprint density at radius 2 is 2.53 bits per heavy atom. The first-order chi connectivity index (χ1) is 7.27. The summed E-state index contributed by atoms with van der Waals surface area (Å²) in [6.07, 6.45) is 4.81. The minimum atomic E-state index is -0.129. The van der Waals surface area contributed by atoms with Crippen LogP contribution in [0.3, 0.4) is 0 Å². The van der Waals surface area contributed by atoms with E-state index < -0.39 is 0 Å². The van der Waals surface area contributed by atoms with Crippen molar-refractivity contribution in [3.05, 3.63) is 28.2 Å². The molecule has 0 aliphatic rings. The van der Waals surface area contributed by atoms with Crippen molar-refractivity contribution in [3.8, 4) is 0 Å². The highest BCUT2D eigenvalue weighted by atomic mass is 32.1. The number of nitrogens with zero attached hydrogens (tertiary/aromatic N) is 1. The molecule has 0 radical (unpaired) electrons. The second kappa shape index (κ2) is 6.31. The van der Waals surface area contributed by atoms with Gasteiger partial charge < -0.3 is 11.1 Å². The van der Waals surface area contributed by atoms with Gasteiger partial charge in [0.25, 0.3) is 5.91 Å². The van der Waals surface area contributed by atoms with E-state index in [1.54, 1.807) is 5.38 Å². The average molecular weight is 225 g/mol. The van der Waals surface area contributed by atoms with Gasteiger partial charge in [0.1, 0.15) is 10.7 Å². The van der Waals surface area contributed by atoms with Gasteiger partial charge in [0, 0.05) is 18.5 Å². The van der Waals surface area contributed by atoms with Crippen molar-refractivity contribution >= 4 is 17.2 Å². The summed E-state index contributed by atoms with van der Waals surface area (Å²) in [6.45, 7) is 2.98. The van der Waals surface area contributed by atoms with Crippen molar-refractivity contribution in [2.24, 2.45) is 5.73 Å². The third kappa shape index (κ3) is 3.81. The quantitative estimate of drug-likeness (QED) is 0.586. The lowest BCUT2D eigenvalue weighted by atomic mass is 10.3. The molecule has 3 N–H and O–H groups in total. The smallest absolute Gasteiger partial charge is 0.270 e. The molecule has 0 aliphatic heterocycles. The van der Waals surface area contributed by atoms with E-state index in [0.717, 1.165) is 11.4 Å². The minimum Gasteiger partial charge on any atom is -0.350 e. The van der Waals surface area contributed by atoms with Crippen LogP contribution >= 0.6 is 11.3 Å². The molecular weight excluding hydrogens is 210 g/mol. The third-order valence-electron chi connectivity index (χ3n) is 1.79. The molecule has 0 bridgehead atoms. The number of aromatic nitrogens is 1. The Balaban J connectivity index is 2.39. The number of nitrogens with two attached hydrogens (primary N) is 1. The molecule has 0 aliphatic carbocycles. The first-order valence-corrected chi connectivity index (χ1v) is 5.69. The predicted octanol–water partition coefficient (Wildman–Crippen LogP) is 1.30. The van der Waals surface area contributed by atoms with Gasteiger partial charge in [-0.3, -0.25) is 4.79 Å². The standard InChI is InChI=1S/C10H15N3OS/c1-2-3-4-5-12-10(14)8-7-15-9(6-11)13-8/h2-3,7H,4-6,11H2,1H3,(H,12,14)/b3-2+. The fourth-order valence-corrected chi connectivity index (χ4v) is 1.69. The van der Waals surface area contributed by atoms with E-state index in [1.165, 1.54) is 11.3 Å². The van der Waals surface area contributed by atoms with Crippen LogP contribution in [-0.2, 0) is 6.54 Å². The zero-order valence-corrected chi connectivity index (χ0v) is 9.51. The zero-order chi connectivity index (χ0) is 11.1. The Labute approximate surface area is 93.2 Å². The molecule has 1 amide bonds. The molecule has 0 saturated heterocycles. The Hall–Kier alpha value is -1.20. The molecule has 0 aromatic carbocycles. The molecule has 0 spiro atoms. The van der Waals surface area contributed by atoms with Gasteiger partial charge in [-0.05, 0) is 13.3 Å². The monoisotopic (exact) mass is 225 g/mol. The lowest BCUT2D eigenvalue weighted by Gasteiger charge is -1.99. The van der Waals surface area contributed by atoms with Gasteiger partial charge in [0.2, 0.25) is 0 Å². The summed E-state index contributed by atoms with van der Waals surface area (Å²) < 4.78 is 0. The highest BCUT2D eigenvalue weighted by Gasteiger charge is 2.08. The second-order valence-electron chi connectivity index (χ2n) is 2.94. The van der Waals surface area contributed by atoms with Crippen molar-refractivity contribution in [2.75, 3.05) is 6.54 Å². The van der Waals surface area contributed by atoms with Gasteiger partial charge in [0.15, 0.2) is 0 Å². The van der Waals surface area contributed by atoms with Crippen molar-refractivity contribution in [3.63, 3.8) is 0 Å². The summed E-state index contributed by atoms with van der Waals surface area (Å²) in [5.74, 6) is -0.129. The Morgan fingerprint density at radius 1 is 1.73 bits per heavy atom. The summed E-state index contributed by atoms with van der Waals surface area (Å²) in [5, 5.41) is 5.30. The summed E-state index contributed by atoms with van der Waals surface area (Å²) in [6, 6.07) is 0. The van der Waals surface area contributed by atoms with Crippen molar-refractivity contribution in [1.82, 2.24) is 10.3 Å². The number of amides is 1. The van der Waals surface area contributed by atoms with E-state index in [1.807, 2.05) is 19.1 Å². The molecule has 0 unspecified atom stereocenters. The molecule has 82 valence electrons. The average Bonchev–Trinajstić information content (AvgIpc) is 2.72. The van der Waals surface area contributed by atoms with E-state index in [2.05, 4.69) is 10.3 Å². The predicted molar refractivity (Wildman–Crippen MR) is 61.8 cm³/mol. The van der Waals surface area contributed by atoms with Crippen molar-refractivity contribution in [1.29, 1.82) is 0 Å². The highest BCUT2D eigenvalue weighted by Crippen LogP contribution is 2.08. The van der Waals surface area contributed by atoms with Crippen LogP contribution in [0.15, 0.2) is 17.5 Å². The van der Waals surface area contributed by atoms with Crippen LogP contribution in [0.2, 0.25) is 0 Å². The van der Waals surface area contributed by atoms with Gasteiger partial charge >= 0.3 is 0 Å². The molecule has 1 aromatic heterocycles. The molecule has 5 heteroatoms. The van der Waals surface area contributed by atoms with E-state index in [9.17, 15) is 4.79 Å². The third-order valence-corrected chi connectivity index (χ3v) is 2.66. The normalized spacial score (nSPS) is 10.8. The van der Waals surface area contributed by atoms with Crippen LogP contribution in [0.1, 0.15) is 28.8 Å². The number of thiazole rings is 1. The summed E-state index contributed by atoms with van der Waals surface area (Å²) in [5.41, 5.74) is 5.87. The lowest BCUT2D eigenvalue weighted by Crippen LogP contribution is -2.24. The maximum atomic E-state index is 11.5. The fourth-order valence-electron chi connectivity index (χ4n) is 1.04. The van der Waals surface area contributed by atoms with Crippen LogP contribution in [0.25, 0.3) is 0 Å². The molecule has 1 heterocycles. The van der Waals surface area contributed by atoms with Gasteiger partial charge in [-0.2, -0.15) is 0 Å². The summed E-state index contributed by atoms with van der Waals surface area (Å²) >= 11 is 1.41. The number of hydrogen-bond acceptors (Lipinski definition) is 4. The molecule has 1 rings (SSSR count). The molecule has 0 atom stereocenters. The van der Waals surface area contributed by atoms with E-state index in [0.29, 0.717) is 18.8 Å².